The summed E-state index contributed by atoms with van der Waals surface area (Å²) in [4.78, 5) is 15.9. The first-order valence-corrected chi connectivity index (χ1v) is 8.45. The van der Waals surface area contributed by atoms with E-state index in [1.54, 1.807) is 16.0 Å². The second-order valence-electron chi connectivity index (χ2n) is 5.71. The molecule has 1 aliphatic heterocycles. The highest BCUT2D eigenvalue weighted by atomic mass is 32.1. The summed E-state index contributed by atoms with van der Waals surface area (Å²) in [5.41, 5.74) is 4.21. The van der Waals surface area contributed by atoms with Gasteiger partial charge in [-0.3, -0.25) is 9.48 Å². The Hall–Kier alpha value is -1.66. The molecule has 1 amide bonds. The number of carbonyl (C=O) groups excluding carboxylic acids is 1. The van der Waals surface area contributed by atoms with Gasteiger partial charge in [-0.05, 0) is 49.3 Å². The van der Waals surface area contributed by atoms with E-state index in [1.807, 2.05) is 18.7 Å². The molecule has 0 aromatic carbocycles. The van der Waals surface area contributed by atoms with Crippen molar-refractivity contribution in [2.75, 3.05) is 13.2 Å². The van der Waals surface area contributed by atoms with Gasteiger partial charge < -0.3 is 10.0 Å². The molecule has 3 heterocycles. The Labute approximate surface area is 134 Å². The molecule has 1 N–H and O–H groups in total. The Bertz CT molecular complexity index is 690. The van der Waals surface area contributed by atoms with Gasteiger partial charge in [0.25, 0.3) is 0 Å². The molecule has 0 bridgehead atoms. The fraction of sp³-hybridized carbons (Fsp3) is 0.500. The largest absolute Gasteiger partial charge is 0.396 e. The monoisotopic (exact) mass is 319 g/mol. The van der Waals surface area contributed by atoms with Crippen molar-refractivity contribution < 1.29 is 9.90 Å². The molecule has 0 saturated heterocycles. The van der Waals surface area contributed by atoms with Gasteiger partial charge in [0.05, 0.1) is 5.69 Å². The van der Waals surface area contributed by atoms with Crippen LogP contribution in [0, 0.1) is 13.8 Å². The SMILES string of the molecule is Cc1nn(CC(=O)N2CCc3sccc3C2)c(C)c1CCO. The second-order valence-corrected chi connectivity index (χ2v) is 6.72. The third-order valence-electron chi connectivity index (χ3n) is 4.34. The number of nitrogens with zero attached hydrogens (tertiary/aromatic N) is 3. The molecule has 0 aliphatic carbocycles. The van der Waals surface area contributed by atoms with Crippen LogP contribution in [0.2, 0.25) is 0 Å². The van der Waals surface area contributed by atoms with Crippen LogP contribution in [-0.4, -0.2) is 38.8 Å². The number of amides is 1. The summed E-state index contributed by atoms with van der Waals surface area (Å²) >= 11 is 1.78. The maximum absolute atomic E-state index is 12.5. The van der Waals surface area contributed by atoms with Gasteiger partial charge in [0.15, 0.2) is 0 Å². The number of fused-ring (bicyclic) bond motifs is 1. The quantitative estimate of drug-likeness (QED) is 0.933. The molecule has 0 atom stereocenters. The lowest BCUT2D eigenvalue weighted by Crippen LogP contribution is -2.37. The summed E-state index contributed by atoms with van der Waals surface area (Å²) in [7, 11) is 0. The number of aliphatic hydroxyl groups is 1. The van der Waals surface area contributed by atoms with Crippen molar-refractivity contribution in [1.82, 2.24) is 14.7 Å². The number of aromatic nitrogens is 2. The van der Waals surface area contributed by atoms with Crippen molar-refractivity contribution >= 4 is 17.2 Å². The summed E-state index contributed by atoms with van der Waals surface area (Å²) < 4.78 is 1.77. The molecule has 3 rings (SSSR count). The van der Waals surface area contributed by atoms with E-state index >= 15 is 0 Å². The first-order chi connectivity index (χ1) is 10.6. The number of rotatable bonds is 4. The Morgan fingerprint density at radius 1 is 1.45 bits per heavy atom. The van der Waals surface area contributed by atoms with Crippen molar-refractivity contribution in [3.63, 3.8) is 0 Å². The van der Waals surface area contributed by atoms with Gasteiger partial charge in [-0.25, -0.2) is 0 Å². The van der Waals surface area contributed by atoms with Crippen LogP contribution in [0.4, 0.5) is 0 Å². The molecule has 2 aromatic rings. The van der Waals surface area contributed by atoms with Crippen LogP contribution in [-0.2, 0) is 30.7 Å². The zero-order valence-corrected chi connectivity index (χ0v) is 13.8. The molecule has 1 aliphatic rings. The molecular formula is C16H21N3O2S. The van der Waals surface area contributed by atoms with Crippen molar-refractivity contribution in [2.24, 2.45) is 0 Å². The lowest BCUT2D eigenvalue weighted by atomic mass is 10.1. The molecule has 0 radical (unpaired) electrons. The van der Waals surface area contributed by atoms with Crippen LogP contribution in [0.3, 0.4) is 0 Å². The molecule has 118 valence electrons. The van der Waals surface area contributed by atoms with Crippen LogP contribution in [0.1, 0.15) is 27.4 Å². The standard InChI is InChI=1S/C16H21N3O2S/c1-11-14(4-7-20)12(2)19(17-11)10-16(21)18-6-3-15-13(9-18)5-8-22-15/h5,8,20H,3-4,6-7,9-10H2,1-2H3. The zero-order valence-electron chi connectivity index (χ0n) is 13.0. The number of hydrogen-bond acceptors (Lipinski definition) is 4. The zero-order chi connectivity index (χ0) is 15.7. The highest BCUT2D eigenvalue weighted by Gasteiger charge is 2.22. The summed E-state index contributed by atoms with van der Waals surface area (Å²) in [6, 6.07) is 2.11. The maximum Gasteiger partial charge on any atom is 0.244 e. The predicted molar refractivity (Wildman–Crippen MR) is 85.9 cm³/mol. The third-order valence-corrected chi connectivity index (χ3v) is 5.36. The lowest BCUT2D eigenvalue weighted by Gasteiger charge is -2.27. The minimum absolute atomic E-state index is 0.106. The highest BCUT2D eigenvalue weighted by molar-refractivity contribution is 7.10. The molecule has 5 nitrogen and oxygen atoms in total. The van der Waals surface area contributed by atoms with E-state index < -0.39 is 0 Å². The van der Waals surface area contributed by atoms with Crippen LogP contribution in [0.5, 0.6) is 0 Å². The second kappa shape index (κ2) is 6.22. The van der Waals surface area contributed by atoms with E-state index in [1.165, 1.54) is 10.4 Å². The highest BCUT2D eigenvalue weighted by Crippen LogP contribution is 2.24. The van der Waals surface area contributed by atoms with Crippen molar-refractivity contribution in [3.8, 4) is 0 Å². The molecule has 6 heteroatoms. The third kappa shape index (κ3) is 2.80. The number of aliphatic hydroxyl groups excluding tert-OH is 1. The predicted octanol–water partition coefficient (Wildman–Crippen LogP) is 1.68. The number of hydrogen-bond donors (Lipinski definition) is 1. The molecule has 0 spiro atoms. The van der Waals surface area contributed by atoms with E-state index in [0.29, 0.717) is 13.0 Å². The minimum atomic E-state index is 0.106. The first-order valence-electron chi connectivity index (χ1n) is 7.57. The average molecular weight is 319 g/mol. The van der Waals surface area contributed by atoms with Gasteiger partial charge in [0, 0.05) is 30.3 Å². The van der Waals surface area contributed by atoms with Gasteiger partial charge in [0.1, 0.15) is 6.54 Å². The summed E-state index contributed by atoms with van der Waals surface area (Å²) in [6.45, 7) is 5.77. The molecule has 0 saturated carbocycles. The molecule has 0 fully saturated rings. The van der Waals surface area contributed by atoms with E-state index in [-0.39, 0.29) is 19.1 Å². The van der Waals surface area contributed by atoms with Crippen LogP contribution >= 0.6 is 11.3 Å². The van der Waals surface area contributed by atoms with Gasteiger partial charge in [-0.15, -0.1) is 11.3 Å². The van der Waals surface area contributed by atoms with E-state index in [9.17, 15) is 4.79 Å². The molecule has 22 heavy (non-hydrogen) atoms. The normalized spacial score (nSPS) is 14.2. The summed E-state index contributed by atoms with van der Waals surface area (Å²) in [5.74, 6) is 0.109. The van der Waals surface area contributed by atoms with E-state index in [0.717, 1.165) is 29.9 Å². The van der Waals surface area contributed by atoms with Crippen molar-refractivity contribution in [3.05, 3.63) is 38.8 Å². The number of carbonyl (C=O) groups is 1. The smallest absolute Gasteiger partial charge is 0.244 e. The first kappa shape index (κ1) is 15.2. The Balaban J connectivity index is 1.71. The molecular weight excluding hydrogens is 298 g/mol. The van der Waals surface area contributed by atoms with Gasteiger partial charge in [-0.2, -0.15) is 5.10 Å². The summed E-state index contributed by atoms with van der Waals surface area (Å²) in [6.07, 6.45) is 1.54. The van der Waals surface area contributed by atoms with Crippen LogP contribution in [0.25, 0.3) is 0 Å². The Morgan fingerprint density at radius 3 is 3.05 bits per heavy atom. The van der Waals surface area contributed by atoms with Crippen molar-refractivity contribution in [1.29, 1.82) is 0 Å². The minimum Gasteiger partial charge on any atom is -0.396 e. The number of thiophene rings is 1. The van der Waals surface area contributed by atoms with Crippen LogP contribution < -0.4 is 0 Å². The van der Waals surface area contributed by atoms with Gasteiger partial charge in [0.2, 0.25) is 5.91 Å². The Kier molecular flexibility index (Phi) is 4.31. The Morgan fingerprint density at radius 2 is 2.27 bits per heavy atom. The topological polar surface area (TPSA) is 58.4 Å². The molecule has 0 unspecified atom stereocenters. The molecule has 2 aromatic heterocycles. The fourth-order valence-corrected chi connectivity index (χ4v) is 3.94. The lowest BCUT2D eigenvalue weighted by molar-refractivity contribution is -0.133. The van der Waals surface area contributed by atoms with Gasteiger partial charge >= 0.3 is 0 Å². The van der Waals surface area contributed by atoms with Gasteiger partial charge in [-0.1, -0.05) is 0 Å². The summed E-state index contributed by atoms with van der Waals surface area (Å²) in [5, 5.41) is 15.7. The van der Waals surface area contributed by atoms with E-state index in [4.69, 9.17) is 5.11 Å². The average Bonchev–Trinajstić information content (AvgIpc) is 3.07. The van der Waals surface area contributed by atoms with Crippen molar-refractivity contribution in [2.45, 2.75) is 39.8 Å². The van der Waals surface area contributed by atoms with E-state index in [2.05, 4.69) is 16.5 Å². The maximum atomic E-state index is 12.5. The fourth-order valence-electron chi connectivity index (χ4n) is 3.05. The van der Waals surface area contributed by atoms with Crippen LogP contribution in [0.15, 0.2) is 11.4 Å². The number of aryl methyl sites for hydroxylation is 1.